The Bertz CT molecular complexity index is 380. The molecule has 3 nitrogen and oxygen atoms in total. The summed E-state index contributed by atoms with van der Waals surface area (Å²) in [6.07, 6.45) is 4.71. The lowest BCUT2D eigenvalue weighted by Gasteiger charge is -2.12. The molecule has 0 bridgehead atoms. The van der Waals surface area contributed by atoms with E-state index in [-0.39, 0.29) is 0 Å². The van der Waals surface area contributed by atoms with Gasteiger partial charge in [-0.05, 0) is 36.8 Å². The molecule has 1 fully saturated rings. The molecule has 0 amide bonds. The van der Waals surface area contributed by atoms with Crippen LogP contribution in [-0.4, -0.2) is 31.8 Å². The van der Waals surface area contributed by atoms with Gasteiger partial charge in [-0.2, -0.15) is 11.8 Å². The molecule has 4 heteroatoms. The van der Waals surface area contributed by atoms with Crippen molar-refractivity contribution in [1.29, 1.82) is 0 Å². The van der Waals surface area contributed by atoms with E-state index in [1.54, 1.807) is 18.9 Å². The van der Waals surface area contributed by atoms with E-state index in [9.17, 15) is 0 Å². The highest BCUT2D eigenvalue weighted by atomic mass is 32.2. The molecular weight excluding hydrogens is 246 g/mol. The molecule has 1 aliphatic rings. The van der Waals surface area contributed by atoms with E-state index in [2.05, 4.69) is 23.7 Å². The van der Waals surface area contributed by atoms with Crippen molar-refractivity contribution in [2.45, 2.75) is 25.4 Å². The molecule has 0 heterocycles. The zero-order valence-corrected chi connectivity index (χ0v) is 11.9. The van der Waals surface area contributed by atoms with E-state index in [1.165, 1.54) is 18.4 Å². The molecule has 1 aromatic rings. The van der Waals surface area contributed by atoms with Crippen molar-refractivity contribution in [2.75, 3.05) is 25.7 Å². The summed E-state index contributed by atoms with van der Waals surface area (Å²) in [5, 5.41) is 3.50. The fraction of sp³-hybridized carbons (Fsp3) is 0.571. The van der Waals surface area contributed by atoms with Crippen LogP contribution in [0.5, 0.6) is 11.5 Å². The Hall–Kier alpha value is -0.870. The number of thioether (sulfide) groups is 1. The lowest BCUT2D eigenvalue weighted by atomic mass is 10.2. The highest BCUT2D eigenvalue weighted by Gasteiger charge is 2.20. The van der Waals surface area contributed by atoms with E-state index in [4.69, 9.17) is 9.47 Å². The number of hydrogen-bond donors (Lipinski definition) is 1. The second kappa shape index (κ2) is 6.90. The molecule has 0 unspecified atom stereocenters. The third-order valence-corrected chi connectivity index (χ3v) is 3.52. The summed E-state index contributed by atoms with van der Waals surface area (Å²) in [6, 6.07) is 6.88. The van der Waals surface area contributed by atoms with E-state index >= 15 is 0 Å². The molecule has 1 aliphatic carbocycles. The third kappa shape index (κ3) is 4.10. The van der Waals surface area contributed by atoms with Crippen molar-refractivity contribution in [3.05, 3.63) is 23.8 Å². The van der Waals surface area contributed by atoms with Gasteiger partial charge < -0.3 is 14.8 Å². The van der Waals surface area contributed by atoms with Crippen LogP contribution < -0.4 is 14.8 Å². The van der Waals surface area contributed by atoms with Crippen LogP contribution >= 0.6 is 11.8 Å². The highest BCUT2D eigenvalue weighted by Crippen LogP contribution is 2.28. The maximum Gasteiger partial charge on any atom is 0.161 e. The van der Waals surface area contributed by atoms with Crippen molar-refractivity contribution in [3.63, 3.8) is 0 Å². The Morgan fingerprint density at radius 2 is 2.17 bits per heavy atom. The summed E-state index contributed by atoms with van der Waals surface area (Å²) >= 11 is 1.78. The summed E-state index contributed by atoms with van der Waals surface area (Å²) in [5.41, 5.74) is 1.25. The van der Waals surface area contributed by atoms with E-state index in [0.717, 1.165) is 36.4 Å². The molecule has 100 valence electrons. The van der Waals surface area contributed by atoms with Gasteiger partial charge in [0, 0.05) is 18.3 Å². The van der Waals surface area contributed by atoms with Crippen molar-refractivity contribution in [1.82, 2.24) is 5.32 Å². The first-order chi connectivity index (χ1) is 8.83. The SMILES string of the molecule is COc1ccc(CNC2CC2)cc1OCCSC. The maximum absolute atomic E-state index is 5.76. The predicted octanol–water partition coefficient (Wildman–Crippen LogP) is 2.69. The molecule has 1 N–H and O–H groups in total. The third-order valence-electron chi connectivity index (χ3n) is 2.95. The van der Waals surface area contributed by atoms with Crippen LogP contribution in [-0.2, 0) is 6.54 Å². The van der Waals surface area contributed by atoms with Crippen molar-refractivity contribution in [2.24, 2.45) is 0 Å². The average Bonchev–Trinajstić information content (AvgIpc) is 3.21. The van der Waals surface area contributed by atoms with Gasteiger partial charge in [-0.1, -0.05) is 6.07 Å². The molecule has 0 atom stereocenters. The van der Waals surface area contributed by atoms with Crippen LogP contribution in [0.15, 0.2) is 18.2 Å². The van der Waals surface area contributed by atoms with Gasteiger partial charge in [0.2, 0.25) is 0 Å². The normalized spacial score (nSPS) is 14.6. The first-order valence-corrected chi connectivity index (χ1v) is 7.75. The molecule has 2 rings (SSSR count). The van der Waals surface area contributed by atoms with Crippen LogP contribution in [0.3, 0.4) is 0 Å². The number of hydrogen-bond acceptors (Lipinski definition) is 4. The van der Waals surface area contributed by atoms with E-state index in [1.807, 2.05) is 6.07 Å². The Labute approximate surface area is 113 Å². The largest absolute Gasteiger partial charge is 0.493 e. The van der Waals surface area contributed by atoms with Gasteiger partial charge in [0.1, 0.15) is 0 Å². The van der Waals surface area contributed by atoms with Gasteiger partial charge in [-0.25, -0.2) is 0 Å². The monoisotopic (exact) mass is 267 g/mol. The number of nitrogens with one attached hydrogen (secondary N) is 1. The minimum Gasteiger partial charge on any atom is -0.493 e. The summed E-state index contributed by atoms with van der Waals surface area (Å²) in [7, 11) is 1.68. The molecule has 0 aliphatic heterocycles. The first kappa shape index (κ1) is 13.6. The van der Waals surface area contributed by atoms with Gasteiger partial charge in [0.25, 0.3) is 0 Å². The van der Waals surface area contributed by atoms with Crippen LogP contribution in [0.25, 0.3) is 0 Å². The topological polar surface area (TPSA) is 30.5 Å². The zero-order valence-electron chi connectivity index (χ0n) is 11.1. The second-order valence-electron chi connectivity index (χ2n) is 4.48. The fourth-order valence-electron chi connectivity index (χ4n) is 1.73. The molecule has 18 heavy (non-hydrogen) atoms. The second-order valence-corrected chi connectivity index (χ2v) is 5.47. The van der Waals surface area contributed by atoms with Crippen LogP contribution in [0.4, 0.5) is 0 Å². The lowest BCUT2D eigenvalue weighted by molar-refractivity contribution is 0.313. The minimum atomic E-state index is 0.719. The molecule has 0 radical (unpaired) electrons. The van der Waals surface area contributed by atoms with E-state index in [0.29, 0.717) is 0 Å². The smallest absolute Gasteiger partial charge is 0.161 e. The van der Waals surface area contributed by atoms with Crippen LogP contribution in [0.1, 0.15) is 18.4 Å². The molecule has 0 aromatic heterocycles. The maximum atomic E-state index is 5.76. The van der Waals surface area contributed by atoms with Gasteiger partial charge >= 0.3 is 0 Å². The zero-order chi connectivity index (χ0) is 12.8. The molecule has 1 aromatic carbocycles. The predicted molar refractivity (Wildman–Crippen MR) is 76.7 cm³/mol. The van der Waals surface area contributed by atoms with Gasteiger partial charge in [-0.15, -0.1) is 0 Å². The number of benzene rings is 1. The summed E-state index contributed by atoms with van der Waals surface area (Å²) in [5.74, 6) is 2.65. The molecule has 0 spiro atoms. The summed E-state index contributed by atoms with van der Waals surface area (Å²) < 4.78 is 11.1. The standard InChI is InChI=1S/C14H21NO2S/c1-16-13-6-3-11(10-15-12-4-5-12)9-14(13)17-7-8-18-2/h3,6,9,12,15H,4-5,7-8,10H2,1-2H3. The molecule has 1 saturated carbocycles. The Morgan fingerprint density at radius 1 is 1.33 bits per heavy atom. The van der Waals surface area contributed by atoms with Crippen LogP contribution in [0.2, 0.25) is 0 Å². The van der Waals surface area contributed by atoms with Gasteiger partial charge in [-0.3, -0.25) is 0 Å². The summed E-state index contributed by atoms with van der Waals surface area (Å²) in [4.78, 5) is 0. The first-order valence-electron chi connectivity index (χ1n) is 6.35. The number of methoxy groups -OCH3 is 1. The molecular formula is C14H21NO2S. The Balaban J connectivity index is 1.95. The van der Waals surface area contributed by atoms with Crippen LogP contribution in [0, 0.1) is 0 Å². The highest BCUT2D eigenvalue weighted by molar-refractivity contribution is 7.98. The molecule has 0 saturated heterocycles. The Kier molecular flexibility index (Phi) is 5.20. The average molecular weight is 267 g/mol. The number of ether oxygens (including phenoxy) is 2. The van der Waals surface area contributed by atoms with Crippen molar-refractivity contribution < 1.29 is 9.47 Å². The van der Waals surface area contributed by atoms with Crippen molar-refractivity contribution in [3.8, 4) is 11.5 Å². The Morgan fingerprint density at radius 3 is 2.83 bits per heavy atom. The van der Waals surface area contributed by atoms with E-state index < -0.39 is 0 Å². The quantitative estimate of drug-likeness (QED) is 0.734. The van der Waals surface area contributed by atoms with Gasteiger partial charge in [0.05, 0.1) is 13.7 Å². The van der Waals surface area contributed by atoms with Gasteiger partial charge in [0.15, 0.2) is 11.5 Å². The fourth-order valence-corrected chi connectivity index (χ4v) is 1.98. The lowest BCUT2D eigenvalue weighted by Crippen LogP contribution is -2.15. The van der Waals surface area contributed by atoms with Crippen molar-refractivity contribution >= 4 is 11.8 Å². The number of rotatable bonds is 8. The summed E-state index contributed by atoms with van der Waals surface area (Å²) in [6.45, 7) is 1.63. The minimum absolute atomic E-state index is 0.719.